The van der Waals surface area contributed by atoms with Gasteiger partial charge >= 0.3 is 5.97 Å². The van der Waals surface area contributed by atoms with Crippen LogP contribution in [0.2, 0.25) is 0 Å². The van der Waals surface area contributed by atoms with Crippen molar-refractivity contribution < 1.29 is 23.1 Å². The summed E-state index contributed by atoms with van der Waals surface area (Å²) >= 11 is 0. The number of carbonyl (C=O) groups excluding carboxylic acids is 1. The van der Waals surface area contributed by atoms with E-state index in [4.69, 9.17) is 5.11 Å². The largest absolute Gasteiger partial charge is 0.481 e. The zero-order valence-electron chi connectivity index (χ0n) is 11.9. The van der Waals surface area contributed by atoms with Crippen LogP contribution in [0, 0.1) is 0 Å². The van der Waals surface area contributed by atoms with Crippen LogP contribution in [0.5, 0.6) is 0 Å². The van der Waals surface area contributed by atoms with Gasteiger partial charge < -0.3 is 10.4 Å². The highest BCUT2D eigenvalue weighted by molar-refractivity contribution is 7.90. The first-order valence-corrected chi connectivity index (χ1v) is 8.33. The summed E-state index contributed by atoms with van der Waals surface area (Å²) in [7, 11) is -3.79. The lowest BCUT2D eigenvalue weighted by Crippen LogP contribution is -2.59. The number of ketones is 1. The summed E-state index contributed by atoms with van der Waals surface area (Å²) in [5, 5.41) is 12.0. The summed E-state index contributed by atoms with van der Waals surface area (Å²) in [4.78, 5) is 22.6. The van der Waals surface area contributed by atoms with Crippen molar-refractivity contribution in [2.24, 2.45) is 0 Å². The first-order chi connectivity index (χ1) is 9.76. The topological polar surface area (TPSA) is 104 Å². The first kappa shape index (κ1) is 16.1. The highest BCUT2D eigenvalue weighted by Gasteiger charge is 2.47. The molecular weight excluding hydrogens is 296 g/mol. The van der Waals surface area contributed by atoms with E-state index in [9.17, 15) is 18.0 Å². The third-order valence-electron chi connectivity index (χ3n) is 3.97. The second-order valence-corrected chi connectivity index (χ2v) is 8.06. The number of nitrogens with one attached hydrogen (secondary N) is 1. The number of Topliss-reactive ketones (excluding diaryl/α,β-unsaturated/α-hetero) is 1. The third kappa shape index (κ3) is 3.17. The van der Waals surface area contributed by atoms with Crippen molar-refractivity contribution in [2.75, 3.05) is 19.6 Å². The van der Waals surface area contributed by atoms with E-state index in [-0.39, 0.29) is 31.6 Å². The summed E-state index contributed by atoms with van der Waals surface area (Å²) in [5.74, 6) is -1.15. The van der Waals surface area contributed by atoms with Gasteiger partial charge in [0.1, 0.15) is 10.5 Å². The Kier molecular flexibility index (Phi) is 4.50. The molecule has 2 rings (SSSR count). The minimum absolute atomic E-state index is 0.0600. The van der Waals surface area contributed by atoms with E-state index in [1.165, 1.54) is 11.2 Å². The van der Waals surface area contributed by atoms with Gasteiger partial charge in [-0.15, -0.1) is 0 Å². The molecule has 0 bridgehead atoms. The van der Waals surface area contributed by atoms with E-state index >= 15 is 0 Å². The monoisotopic (exact) mass is 316 g/mol. The summed E-state index contributed by atoms with van der Waals surface area (Å²) in [5.41, 5.74) is 0. The molecule has 0 amide bonds. The number of piperazine rings is 1. The number of hydrogen-bond acceptors (Lipinski definition) is 5. The molecule has 2 unspecified atom stereocenters. The molecule has 8 heteroatoms. The van der Waals surface area contributed by atoms with E-state index in [1.807, 2.05) is 0 Å². The molecule has 2 N–H and O–H groups in total. The number of aliphatic carboxylic acids is 1. The van der Waals surface area contributed by atoms with Crippen LogP contribution in [-0.2, 0) is 19.6 Å². The number of hydrogen-bond donors (Lipinski definition) is 2. The van der Waals surface area contributed by atoms with Crippen molar-refractivity contribution in [3.05, 3.63) is 12.2 Å². The summed E-state index contributed by atoms with van der Waals surface area (Å²) < 4.78 is 25.8. The maximum Gasteiger partial charge on any atom is 0.305 e. The van der Waals surface area contributed by atoms with Gasteiger partial charge in [0, 0.05) is 38.5 Å². The minimum atomic E-state index is -3.79. The number of nitrogens with zero attached hydrogens (tertiary/aromatic N) is 1. The molecule has 1 fully saturated rings. The Morgan fingerprint density at radius 1 is 1.57 bits per heavy atom. The van der Waals surface area contributed by atoms with Gasteiger partial charge in [-0.2, -0.15) is 4.31 Å². The number of sulfonamides is 1. The molecule has 21 heavy (non-hydrogen) atoms. The molecule has 0 spiro atoms. The first-order valence-electron chi connectivity index (χ1n) is 6.89. The van der Waals surface area contributed by atoms with Crippen molar-refractivity contribution in [1.82, 2.24) is 9.62 Å². The van der Waals surface area contributed by atoms with Gasteiger partial charge in [-0.05, 0) is 6.92 Å². The van der Waals surface area contributed by atoms with Crippen molar-refractivity contribution >= 4 is 21.8 Å². The highest BCUT2D eigenvalue weighted by atomic mass is 32.2. The molecule has 1 heterocycles. The molecule has 2 atom stereocenters. The molecule has 0 aromatic heterocycles. The van der Waals surface area contributed by atoms with Gasteiger partial charge in [0.15, 0.2) is 0 Å². The molecule has 1 saturated heterocycles. The number of carbonyl (C=O) groups is 2. The SMILES string of the molecule is CC1(S(=O)(=O)N2CCNCC2CC(=O)O)C=CCC(=O)C1. The Labute approximate surface area is 124 Å². The maximum absolute atomic E-state index is 12.9. The molecular formula is C13H20N2O5S. The van der Waals surface area contributed by atoms with E-state index in [0.717, 1.165) is 0 Å². The fraction of sp³-hybridized carbons (Fsp3) is 0.692. The normalized spacial score (nSPS) is 31.3. The fourth-order valence-electron chi connectivity index (χ4n) is 2.84. The summed E-state index contributed by atoms with van der Waals surface area (Å²) in [6.07, 6.45) is 3.09. The number of allylic oxidation sites excluding steroid dienone is 1. The number of rotatable bonds is 4. The van der Waals surface area contributed by atoms with Crippen LogP contribution < -0.4 is 5.32 Å². The van der Waals surface area contributed by atoms with Crippen LogP contribution in [0.25, 0.3) is 0 Å². The zero-order valence-corrected chi connectivity index (χ0v) is 12.7. The molecule has 0 aromatic carbocycles. The van der Waals surface area contributed by atoms with Gasteiger partial charge in [-0.3, -0.25) is 9.59 Å². The molecule has 7 nitrogen and oxygen atoms in total. The summed E-state index contributed by atoms with van der Waals surface area (Å²) in [6, 6.07) is -0.622. The molecule has 0 saturated carbocycles. The van der Waals surface area contributed by atoms with Crippen molar-refractivity contribution in [1.29, 1.82) is 0 Å². The molecule has 0 radical (unpaired) electrons. The number of carboxylic acid groups (broad SMARTS) is 1. The second kappa shape index (κ2) is 5.86. The van der Waals surface area contributed by atoms with Gasteiger partial charge in [0.25, 0.3) is 0 Å². The average molecular weight is 316 g/mol. The predicted octanol–water partition coefficient (Wildman–Crippen LogP) is -0.257. The Morgan fingerprint density at radius 3 is 2.90 bits per heavy atom. The van der Waals surface area contributed by atoms with Crippen LogP contribution >= 0.6 is 0 Å². The van der Waals surface area contributed by atoms with Crippen molar-refractivity contribution in [3.8, 4) is 0 Å². The van der Waals surface area contributed by atoms with Crippen LogP contribution in [0.3, 0.4) is 0 Å². The fourth-order valence-corrected chi connectivity index (χ4v) is 4.86. The number of carboxylic acids is 1. The Morgan fingerprint density at radius 2 is 2.29 bits per heavy atom. The van der Waals surface area contributed by atoms with Crippen molar-refractivity contribution in [3.63, 3.8) is 0 Å². The van der Waals surface area contributed by atoms with Crippen LogP contribution in [0.4, 0.5) is 0 Å². The van der Waals surface area contributed by atoms with E-state index in [0.29, 0.717) is 13.1 Å². The van der Waals surface area contributed by atoms with Gasteiger partial charge in [0.2, 0.25) is 10.0 Å². The summed E-state index contributed by atoms with van der Waals surface area (Å²) in [6.45, 7) is 2.52. The average Bonchev–Trinajstić information content (AvgIpc) is 2.38. The predicted molar refractivity (Wildman–Crippen MR) is 76.3 cm³/mol. The Bertz CT molecular complexity index is 571. The molecule has 1 aliphatic carbocycles. The quantitative estimate of drug-likeness (QED) is 0.693. The van der Waals surface area contributed by atoms with E-state index in [2.05, 4.69) is 5.32 Å². The van der Waals surface area contributed by atoms with Gasteiger partial charge in [0.05, 0.1) is 6.42 Å². The standard InChI is InChI=1S/C13H20N2O5S/c1-13(4-2-3-11(16)8-13)21(19,20)15-6-5-14-9-10(15)7-12(17)18/h2,4,10,14H,3,5-9H2,1H3,(H,17,18). The Hall–Kier alpha value is -1.25. The molecule has 118 valence electrons. The lowest BCUT2D eigenvalue weighted by molar-refractivity contribution is -0.138. The van der Waals surface area contributed by atoms with Crippen LogP contribution in [-0.4, -0.2) is 60.0 Å². The molecule has 0 aromatic rings. The van der Waals surface area contributed by atoms with E-state index < -0.39 is 26.8 Å². The van der Waals surface area contributed by atoms with Crippen molar-refractivity contribution in [2.45, 2.75) is 37.0 Å². The Balaban J connectivity index is 2.32. The third-order valence-corrected chi connectivity index (χ3v) is 6.53. The minimum Gasteiger partial charge on any atom is -0.481 e. The molecule has 1 aliphatic heterocycles. The molecule has 2 aliphatic rings. The maximum atomic E-state index is 12.9. The van der Waals surface area contributed by atoms with Crippen LogP contribution in [0.15, 0.2) is 12.2 Å². The highest BCUT2D eigenvalue weighted by Crippen LogP contribution is 2.32. The van der Waals surface area contributed by atoms with Gasteiger partial charge in [-0.1, -0.05) is 12.2 Å². The second-order valence-electron chi connectivity index (χ2n) is 5.71. The lowest BCUT2D eigenvalue weighted by atomic mass is 9.96. The van der Waals surface area contributed by atoms with Gasteiger partial charge in [-0.25, -0.2) is 8.42 Å². The smallest absolute Gasteiger partial charge is 0.305 e. The zero-order chi connectivity index (χ0) is 15.7. The van der Waals surface area contributed by atoms with Crippen LogP contribution in [0.1, 0.15) is 26.2 Å². The lowest BCUT2D eigenvalue weighted by Gasteiger charge is -2.40. The van der Waals surface area contributed by atoms with E-state index in [1.54, 1.807) is 12.2 Å².